The summed E-state index contributed by atoms with van der Waals surface area (Å²) >= 11 is 0. The third-order valence-corrected chi connectivity index (χ3v) is 6.83. The maximum absolute atomic E-state index is 12.3. The standard InChI is InChI=1S/C17H23N3O5S/c21-17(18-14-3-8-26(22,23)11-14)20-6-4-19(5-7-20)10-13-1-2-15-16(9-13)25-12-24-15/h1-2,9,14H,3-8,10-12H2,(H,18,21). The predicted octanol–water partition coefficient (Wildman–Crippen LogP) is 0.430. The number of sulfone groups is 1. The number of rotatable bonds is 3. The Bertz CT molecular complexity index is 790. The number of ether oxygens (including phenoxy) is 2. The Morgan fingerprint density at radius 3 is 2.65 bits per heavy atom. The molecule has 0 radical (unpaired) electrons. The van der Waals surface area contributed by atoms with Crippen molar-refractivity contribution in [3.05, 3.63) is 23.8 Å². The smallest absolute Gasteiger partial charge is 0.317 e. The maximum Gasteiger partial charge on any atom is 0.317 e. The number of carbonyl (C=O) groups is 1. The van der Waals surface area contributed by atoms with Crippen molar-refractivity contribution >= 4 is 15.9 Å². The molecule has 0 spiro atoms. The summed E-state index contributed by atoms with van der Waals surface area (Å²) in [4.78, 5) is 16.4. The van der Waals surface area contributed by atoms with Gasteiger partial charge >= 0.3 is 6.03 Å². The van der Waals surface area contributed by atoms with Gasteiger partial charge in [0.05, 0.1) is 11.5 Å². The number of urea groups is 1. The van der Waals surface area contributed by atoms with Crippen LogP contribution in [0.15, 0.2) is 18.2 Å². The highest BCUT2D eigenvalue weighted by atomic mass is 32.2. The Hall–Kier alpha value is -2.00. The van der Waals surface area contributed by atoms with Gasteiger partial charge in [0.2, 0.25) is 6.79 Å². The number of hydrogen-bond donors (Lipinski definition) is 1. The van der Waals surface area contributed by atoms with E-state index in [1.54, 1.807) is 4.90 Å². The average Bonchev–Trinajstić information content (AvgIpc) is 3.21. The van der Waals surface area contributed by atoms with Gasteiger partial charge in [-0.1, -0.05) is 6.07 Å². The average molecular weight is 381 g/mol. The lowest BCUT2D eigenvalue weighted by Crippen LogP contribution is -2.53. The summed E-state index contributed by atoms with van der Waals surface area (Å²) in [6.07, 6.45) is 0.512. The lowest BCUT2D eigenvalue weighted by molar-refractivity contribution is 0.133. The minimum atomic E-state index is -2.98. The first-order chi connectivity index (χ1) is 12.5. The molecule has 1 atom stereocenters. The zero-order valence-corrected chi connectivity index (χ0v) is 15.3. The first-order valence-corrected chi connectivity index (χ1v) is 10.7. The molecule has 1 aromatic carbocycles. The molecular weight excluding hydrogens is 358 g/mol. The van der Waals surface area contributed by atoms with Crippen molar-refractivity contribution in [2.45, 2.75) is 19.0 Å². The highest BCUT2D eigenvalue weighted by molar-refractivity contribution is 7.91. The van der Waals surface area contributed by atoms with Crippen LogP contribution in [0.25, 0.3) is 0 Å². The summed E-state index contributed by atoms with van der Waals surface area (Å²) in [5.41, 5.74) is 1.16. The molecule has 2 saturated heterocycles. The number of benzene rings is 1. The highest BCUT2D eigenvalue weighted by Crippen LogP contribution is 2.32. The van der Waals surface area contributed by atoms with E-state index >= 15 is 0 Å². The second kappa shape index (κ2) is 6.96. The van der Waals surface area contributed by atoms with Crippen molar-refractivity contribution in [3.63, 3.8) is 0 Å². The number of hydrogen-bond acceptors (Lipinski definition) is 6. The van der Waals surface area contributed by atoms with Crippen LogP contribution in [0.4, 0.5) is 4.79 Å². The topological polar surface area (TPSA) is 88.2 Å². The van der Waals surface area contributed by atoms with Gasteiger partial charge in [-0.2, -0.15) is 0 Å². The van der Waals surface area contributed by atoms with E-state index in [0.29, 0.717) is 19.5 Å². The Labute approximate surface area is 153 Å². The van der Waals surface area contributed by atoms with E-state index < -0.39 is 9.84 Å². The van der Waals surface area contributed by atoms with Gasteiger partial charge in [0.1, 0.15) is 0 Å². The second-order valence-corrected chi connectivity index (χ2v) is 9.23. The summed E-state index contributed by atoms with van der Waals surface area (Å²) in [5, 5.41) is 2.86. The van der Waals surface area contributed by atoms with Crippen molar-refractivity contribution < 1.29 is 22.7 Å². The molecule has 3 aliphatic heterocycles. The van der Waals surface area contributed by atoms with Crippen LogP contribution >= 0.6 is 0 Å². The normalized spacial score (nSPS) is 24.6. The summed E-state index contributed by atoms with van der Waals surface area (Å²) < 4.78 is 33.7. The molecule has 3 heterocycles. The number of carbonyl (C=O) groups excluding carboxylic acids is 1. The van der Waals surface area contributed by atoms with Crippen LogP contribution in [0.1, 0.15) is 12.0 Å². The fourth-order valence-electron chi connectivity index (χ4n) is 3.58. The SMILES string of the molecule is O=C(NC1CCS(=O)(=O)C1)N1CCN(Cc2ccc3c(c2)OCO3)CC1. The number of piperazine rings is 1. The third-order valence-electron chi connectivity index (χ3n) is 5.06. The lowest BCUT2D eigenvalue weighted by atomic mass is 10.1. The molecule has 0 aromatic heterocycles. The van der Waals surface area contributed by atoms with E-state index in [1.807, 2.05) is 18.2 Å². The summed E-state index contributed by atoms with van der Waals surface area (Å²) in [6.45, 7) is 3.91. The lowest BCUT2D eigenvalue weighted by Gasteiger charge is -2.35. The van der Waals surface area contributed by atoms with Gasteiger partial charge in [0.25, 0.3) is 0 Å². The minimum Gasteiger partial charge on any atom is -0.454 e. The Kier molecular flexibility index (Phi) is 4.66. The van der Waals surface area contributed by atoms with E-state index in [2.05, 4.69) is 10.2 Å². The second-order valence-electron chi connectivity index (χ2n) is 7.00. The molecule has 3 aliphatic rings. The summed E-state index contributed by atoms with van der Waals surface area (Å²) in [5.74, 6) is 1.79. The van der Waals surface area contributed by atoms with E-state index in [9.17, 15) is 13.2 Å². The molecule has 8 nitrogen and oxygen atoms in total. The van der Waals surface area contributed by atoms with Crippen LogP contribution in [0.3, 0.4) is 0 Å². The summed E-state index contributed by atoms with van der Waals surface area (Å²) in [7, 11) is -2.98. The van der Waals surface area contributed by atoms with E-state index in [4.69, 9.17) is 9.47 Å². The molecule has 2 fully saturated rings. The zero-order chi connectivity index (χ0) is 18.1. The Morgan fingerprint density at radius 1 is 1.15 bits per heavy atom. The van der Waals surface area contributed by atoms with Crippen LogP contribution in [0, 0.1) is 0 Å². The quantitative estimate of drug-likeness (QED) is 0.817. The fourth-order valence-corrected chi connectivity index (χ4v) is 5.25. The molecule has 1 unspecified atom stereocenters. The van der Waals surface area contributed by atoms with Crippen molar-refractivity contribution in [2.75, 3.05) is 44.5 Å². The largest absolute Gasteiger partial charge is 0.454 e. The monoisotopic (exact) mass is 381 g/mol. The van der Waals surface area contributed by atoms with Gasteiger partial charge in [-0.15, -0.1) is 0 Å². The van der Waals surface area contributed by atoms with Crippen LogP contribution in [0.5, 0.6) is 11.5 Å². The van der Waals surface area contributed by atoms with E-state index in [1.165, 1.54) is 0 Å². The molecule has 26 heavy (non-hydrogen) atoms. The molecule has 1 N–H and O–H groups in total. The van der Waals surface area contributed by atoms with Crippen molar-refractivity contribution in [1.82, 2.24) is 15.1 Å². The predicted molar refractivity (Wildman–Crippen MR) is 95.0 cm³/mol. The molecular formula is C17H23N3O5S. The van der Waals surface area contributed by atoms with Gasteiger partial charge in [0.15, 0.2) is 21.3 Å². The van der Waals surface area contributed by atoms with Crippen LogP contribution in [0.2, 0.25) is 0 Å². The van der Waals surface area contributed by atoms with Crippen molar-refractivity contribution in [3.8, 4) is 11.5 Å². The first-order valence-electron chi connectivity index (χ1n) is 8.85. The maximum atomic E-state index is 12.3. The van der Waals surface area contributed by atoms with Crippen molar-refractivity contribution in [2.24, 2.45) is 0 Å². The minimum absolute atomic E-state index is 0.0584. The Balaban J connectivity index is 1.25. The van der Waals surface area contributed by atoms with Gasteiger partial charge in [-0.05, 0) is 24.1 Å². The van der Waals surface area contributed by atoms with Crippen LogP contribution in [-0.2, 0) is 16.4 Å². The fraction of sp³-hybridized carbons (Fsp3) is 0.588. The van der Waals surface area contributed by atoms with Gasteiger partial charge in [0, 0.05) is 38.8 Å². The zero-order valence-electron chi connectivity index (χ0n) is 14.5. The number of nitrogens with one attached hydrogen (secondary N) is 1. The Morgan fingerprint density at radius 2 is 1.92 bits per heavy atom. The van der Waals surface area contributed by atoms with Gasteiger partial charge < -0.3 is 19.7 Å². The number of nitrogens with zero attached hydrogens (tertiary/aromatic N) is 2. The molecule has 0 saturated carbocycles. The van der Waals surface area contributed by atoms with E-state index in [-0.39, 0.29) is 30.4 Å². The van der Waals surface area contributed by atoms with Crippen LogP contribution in [-0.4, -0.2) is 74.8 Å². The molecule has 142 valence electrons. The summed E-state index contributed by atoms with van der Waals surface area (Å²) in [6, 6.07) is 5.56. The molecule has 9 heteroatoms. The number of fused-ring (bicyclic) bond motifs is 1. The highest BCUT2D eigenvalue weighted by Gasteiger charge is 2.31. The molecule has 0 bridgehead atoms. The van der Waals surface area contributed by atoms with Gasteiger partial charge in [-0.3, -0.25) is 4.90 Å². The molecule has 1 aromatic rings. The van der Waals surface area contributed by atoms with E-state index in [0.717, 1.165) is 36.7 Å². The molecule has 0 aliphatic carbocycles. The van der Waals surface area contributed by atoms with Crippen molar-refractivity contribution in [1.29, 1.82) is 0 Å². The van der Waals surface area contributed by atoms with Crippen LogP contribution < -0.4 is 14.8 Å². The first kappa shape index (κ1) is 17.4. The molecule has 4 rings (SSSR count). The number of amides is 2. The molecule has 2 amide bonds. The van der Waals surface area contributed by atoms with Gasteiger partial charge in [-0.25, -0.2) is 13.2 Å². The third kappa shape index (κ3) is 3.88.